The Labute approximate surface area is 134 Å². The van der Waals surface area contributed by atoms with Crippen molar-refractivity contribution in [3.05, 3.63) is 22.2 Å². The van der Waals surface area contributed by atoms with E-state index in [1.54, 1.807) is 0 Å². The van der Waals surface area contributed by atoms with Crippen LogP contribution >= 0.6 is 23.2 Å². The molecule has 1 aliphatic rings. The van der Waals surface area contributed by atoms with Gasteiger partial charge in [-0.1, -0.05) is 42.5 Å². The lowest BCUT2D eigenvalue weighted by Gasteiger charge is -2.36. The first-order chi connectivity index (χ1) is 9.80. The highest BCUT2D eigenvalue weighted by Gasteiger charge is 2.37. The van der Waals surface area contributed by atoms with Crippen molar-refractivity contribution in [1.29, 1.82) is 0 Å². The summed E-state index contributed by atoms with van der Waals surface area (Å²) < 4.78 is 27.8. The van der Waals surface area contributed by atoms with E-state index >= 15 is 0 Å². The smallest absolute Gasteiger partial charge is 0.244 e. The average Bonchev–Trinajstić information content (AvgIpc) is 2.37. The maximum Gasteiger partial charge on any atom is 0.244 e. The van der Waals surface area contributed by atoms with Crippen LogP contribution in [0.3, 0.4) is 0 Å². The van der Waals surface area contributed by atoms with Crippen molar-refractivity contribution in [2.75, 3.05) is 12.3 Å². The minimum atomic E-state index is -3.94. The quantitative estimate of drug-likeness (QED) is 0.726. The zero-order valence-corrected chi connectivity index (χ0v) is 13.7. The van der Waals surface area contributed by atoms with Crippen molar-refractivity contribution in [1.82, 2.24) is 4.72 Å². The van der Waals surface area contributed by atoms with Crippen LogP contribution in [-0.4, -0.2) is 25.7 Å². The van der Waals surface area contributed by atoms with Gasteiger partial charge >= 0.3 is 0 Å². The molecule has 0 saturated heterocycles. The second-order valence-electron chi connectivity index (χ2n) is 5.42. The van der Waals surface area contributed by atoms with Crippen LogP contribution in [0.1, 0.15) is 32.1 Å². The molecule has 5 nitrogen and oxygen atoms in total. The molecule has 4 N–H and O–H groups in total. The Kier molecular flexibility index (Phi) is 5.05. The molecule has 1 fully saturated rings. The molecule has 0 unspecified atom stereocenters. The number of hydrogen-bond acceptors (Lipinski definition) is 4. The Morgan fingerprint density at radius 2 is 1.71 bits per heavy atom. The molecule has 0 amide bonds. The lowest BCUT2D eigenvalue weighted by molar-refractivity contribution is 0.142. The molecule has 1 aromatic carbocycles. The van der Waals surface area contributed by atoms with E-state index in [1.165, 1.54) is 12.1 Å². The van der Waals surface area contributed by atoms with Gasteiger partial charge in [0.05, 0.1) is 22.2 Å². The van der Waals surface area contributed by atoms with Crippen LogP contribution in [-0.2, 0) is 10.0 Å². The van der Waals surface area contributed by atoms with Gasteiger partial charge in [-0.25, -0.2) is 13.1 Å². The highest BCUT2D eigenvalue weighted by atomic mass is 35.5. The van der Waals surface area contributed by atoms with Gasteiger partial charge in [0.25, 0.3) is 0 Å². The molecule has 1 aliphatic carbocycles. The number of sulfonamides is 1. The standard InChI is InChI=1S/C13H18Cl2N2O3S/c14-10-6-9(16)7-11(15)12(10)21(19,20)17-13(8-18)4-2-1-3-5-13/h6-7,17-18H,1-5,8,16H2. The molecule has 1 aromatic rings. The Morgan fingerprint density at radius 3 is 2.19 bits per heavy atom. The summed E-state index contributed by atoms with van der Waals surface area (Å²) in [5.74, 6) is 0. The van der Waals surface area contributed by atoms with E-state index in [1.807, 2.05) is 0 Å². The number of benzene rings is 1. The van der Waals surface area contributed by atoms with Crippen LogP contribution in [0.2, 0.25) is 10.0 Å². The summed E-state index contributed by atoms with van der Waals surface area (Å²) in [7, 11) is -3.94. The maximum atomic E-state index is 12.6. The van der Waals surface area contributed by atoms with Gasteiger partial charge in [-0.15, -0.1) is 0 Å². The highest BCUT2D eigenvalue weighted by molar-refractivity contribution is 7.89. The number of anilines is 1. The van der Waals surface area contributed by atoms with Crippen LogP contribution < -0.4 is 10.5 Å². The van der Waals surface area contributed by atoms with Crippen LogP contribution in [0.5, 0.6) is 0 Å². The summed E-state index contributed by atoms with van der Waals surface area (Å²) >= 11 is 12.0. The predicted octanol–water partition coefficient (Wildman–Crippen LogP) is 2.55. The average molecular weight is 353 g/mol. The van der Waals surface area contributed by atoms with E-state index in [9.17, 15) is 13.5 Å². The van der Waals surface area contributed by atoms with E-state index < -0.39 is 15.6 Å². The first-order valence-electron chi connectivity index (χ1n) is 6.69. The number of aliphatic hydroxyl groups excluding tert-OH is 1. The molecular formula is C13H18Cl2N2O3S. The predicted molar refractivity (Wildman–Crippen MR) is 84.1 cm³/mol. The van der Waals surface area contributed by atoms with Gasteiger partial charge < -0.3 is 10.8 Å². The third-order valence-corrected chi connectivity index (χ3v) is 6.25. The minimum absolute atomic E-state index is 0.0311. The van der Waals surface area contributed by atoms with Crippen LogP contribution in [0, 0.1) is 0 Å². The SMILES string of the molecule is Nc1cc(Cl)c(S(=O)(=O)NC2(CO)CCCCC2)c(Cl)c1. The van der Waals surface area contributed by atoms with Gasteiger partial charge in [0.2, 0.25) is 10.0 Å². The van der Waals surface area contributed by atoms with E-state index in [2.05, 4.69) is 4.72 Å². The normalized spacial score (nSPS) is 18.6. The molecule has 0 radical (unpaired) electrons. The fourth-order valence-electron chi connectivity index (χ4n) is 2.69. The molecule has 0 bridgehead atoms. The molecular weight excluding hydrogens is 335 g/mol. The number of nitrogens with two attached hydrogens (primary N) is 1. The Bertz CT molecular complexity index is 605. The lowest BCUT2D eigenvalue weighted by atomic mass is 9.83. The minimum Gasteiger partial charge on any atom is -0.399 e. The zero-order chi connectivity index (χ0) is 15.7. The van der Waals surface area contributed by atoms with Crippen molar-refractivity contribution in [3.8, 4) is 0 Å². The van der Waals surface area contributed by atoms with Crippen LogP contribution in [0.15, 0.2) is 17.0 Å². The van der Waals surface area contributed by atoms with E-state index in [0.717, 1.165) is 19.3 Å². The zero-order valence-electron chi connectivity index (χ0n) is 11.4. The molecule has 21 heavy (non-hydrogen) atoms. The fourth-order valence-corrected chi connectivity index (χ4v) is 5.38. The third-order valence-electron chi connectivity index (χ3n) is 3.75. The van der Waals surface area contributed by atoms with Crippen molar-refractivity contribution >= 4 is 38.9 Å². The van der Waals surface area contributed by atoms with Gasteiger partial charge in [0.15, 0.2) is 0 Å². The Hall–Kier alpha value is -0.530. The molecule has 0 heterocycles. The van der Waals surface area contributed by atoms with E-state index in [0.29, 0.717) is 18.5 Å². The topological polar surface area (TPSA) is 92.4 Å². The van der Waals surface area contributed by atoms with Gasteiger partial charge in [-0.05, 0) is 25.0 Å². The number of hydrogen-bond donors (Lipinski definition) is 3. The van der Waals surface area contributed by atoms with Gasteiger partial charge in [-0.2, -0.15) is 0 Å². The number of nitrogens with one attached hydrogen (secondary N) is 1. The molecule has 1 saturated carbocycles. The highest BCUT2D eigenvalue weighted by Crippen LogP contribution is 2.35. The summed E-state index contributed by atoms with van der Waals surface area (Å²) in [4.78, 5) is -0.196. The van der Waals surface area contributed by atoms with Crippen molar-refractivity contribution in [3.63, 3.8) is 0 Å². The molecule has 0 atom stereocenters. The van der Waals surface area contributed by atoms with Crippen molar-refractivity contribution in [2.24, 2.45) is 0 Å². The van der Waals surface area contributed by atoms with Crippen LogP contribution in [0.25, 0.3) is 0 Å². The first kappa shape index (κ1) is 16.8. The van der Waals surface area contributed by atoms with Crippen LogP contribution in [0.4, 0.5) is 5.69 Å². The summed E-state index contributed by atoms with van der Waals surface area (Å²) in [5.41, 5.74) is 5.03. The van der Waals surface area contributed by atoms with Gasteiger partial charge in [-0.3, -0.25) is 0 Å². The molecule has 0 aliphatic heterocycles. The van der Waals surface area contributed by atoms with Crippen molar-refractivity contribution < 1.29 is 13.5 Å². The number of aliphatic hydroxyl groups is 1. The van der Waals surface area contributed by atoms with Crippen molar-refractivity contribution in [2.45, 2.75) is 42.5 Å². The fraction of sp³-hybridized carbons (Fsp3) is 0.538. The maximum absolute atomic E-state index is 12.6. The Balaban J connectivity index is 2.38. The molecule has 0 aromatic heterocycles. The monoisotopic (exact) mass is 352 g/mol. The molecule has 8 heteroatoms. The summed E-state index contributed by atoms with van der Waals surface area (Å²) in [6, 6.07) is 2.68. The molecule has 118 valence electrons. The largest absolute Gasteiger partial charge is 0.399 e. The second kappa shape index (κ2) is 6.30. The second-order valence-corrected chi connectivity index (χ2v) is 7.85. The summed E-state index contributed by atoms with van der Waals surface area (Å²) in [6.07, 6.45) is 3.95. The number of nitrogen functional groups attached to an aromatic ring is 1. The summed E-state index contributed by atoms with van der Waals surface area (Å²) in [6.45, 7) is -0.254. The van der Waals surface area contributed by atoms with Gasteiger partial charge in [0.1, 0.15) is 4.90 Å². The molecule has 2 rings (SSSR count). The molecule has 0 spiro atoms. The van der Waals surface area contributed by atoms with E-state index in [-0.39, 0.29) is 21.5 Å². The number of halogens is 2. The lowest BCUT2D eigenvalue weighted by Crippen LogP contribution is -2.52. The first-order valence-corrected chi connectivity index (χ1v) is 8.93. The Morgan fingerprint density at radius 1 is 1.19 bits per heavy atom. The number of rotatable bonds is 4. The van der Waals surface area contributed by atoms with E-state index in [4.69, 9.17) is 28.9 Å². The van der Waals surface area contributed by atoms with Gasteiger partial charge in [0, 0.05) is 5.69 Å². The third kappa shape index (κ3) is 3.63. The summed E-state index contributed by atoms with van der Waals surface area (Å²) in [5, 5.41) is 9.56.